The van der Waals surface area contributed by atoms with Gasteiger partial charge in [-0.1, -0.05) is 31.9 Å². The molecule has 4 rings (SSSR count). The fraction of sp³-hybridized carbons (Fsp3) is 0.143. The molecule has 0 saturated heterocycles. The first kappa shape index (κ1) is 24.7. The van der Waals surface area contributed by atoms with Crippen LogP contribution < -0.4 is 0 Å². The van der Waals surface area contributed by atoms with Gasteiger partial charge >= 0.3 is 12.4 Å². The molecule has 0 bridgehead atoms. The molecule has 170 valence electrons. The Bertz CT molecular complexity index is 1450. The number of fused-ring (bicyclic) bond motifs is 2. The molecular weight excluding hydrogens is 582 g/mol. The van der Waals surface area contributed by atoms with Gasteiger partial charge in [0, 0.05) is 32.3 Å². The molecule has 4 aromatic rings. The molecule has 2 aromatic heterocycles. The standard InChI is InChI=1S/C11H6BrF3N2.C10H4BrF3N2/c1-17-9-3-6(5-16)2-8(12)7(9)4-10(17)11(13,14)15;11-7-1-5(4-15)2-8-6(7)3-9(16-8)10(12,13)14/h2-4H,1H3;1-3,16H. The molecule has 2 aromatic carbocycles. The maximum Gasteiger partial charge on any atom is 0.431 e. The van der Waals surface area contributed by atoms with Crippen LogP contribution in [0.15, 0.2) is 45.3 Å². The van der Waals surface area contributed by atoms with Gasteiger partial charge in [0.2, 0.25) is 0 Å². The average molecular weight is 592 g/mol. The van der Waals surface area contributed by atoms with Gasteiger partial charge in [0.05, 0.1) is 28.8 Å². The third-order valence-electron chi connectivity index (χ3n) is 4.65. The van der Waals surface area contributed by atoms with Crippen molar-refractivity contribution in [2.75, 3.05) is 0 Å². The zero-order chi connectivity index (χ0) is 24.7. The van der Waals surface area contributed by atoms with E-state index in [1.807, 2.05) is 12.1 Å². The third-order valence-corrected chi connectivity index (χ3v) is 5.97. The fourth-order valence-corrected chi connectivity index (χ4v) is 4.27. The van der Waals surface area contributed by atoms with E-state index in [2.05, 4.69) is 36.8 Å². The van der Waals surface area contributed by atoms with E-state index in [0.29, 0.717) is 41.9 Å². The number of nitriles is 2. The number of hydrogen-bond donors (Lipinski definition) is 1. The van der Waals surface area contributed by atoms with Crippen molar-refractivity contribution in [1.29, 1.82) is 10.5 Å². The van der Waals surface area contributed by atoms with Crippen LogP contribution in [-0.2, 0) is 19.4 Å². The zero-order valence-corrected chi connectivity index (χ0v) is 19.5. The molecule has 0 unspecified atom stereocenters. The minimum absolute atomic E-state index is 0.290. The maximum absolute atomic E-state index is 12.7. The van der Waals surface area contributed by atoms with Gasteiger partial charge in [0.25, 0.3) is 0 Å². The van der Waals surface area contributed by atoms with Crippen LogP contribution in [-0.4, -0.2) is 9.55 Å². The molecule has 12 heteroatoms. The monoisotopic (exact) mass is 590 g/mol. The zero-order valence-electron chi connectivity index (χ0n) is 16.3. The van der Waals surface area contributed by atoms with E-state index in [1.165, 1.54) is 31.3 Å². The SMILES string of the molecule is Cn1c(C(F)(F)F)cc2c(Br)cc(C#N)cc21.N#Cc1cc(Br)c2cc(C(F)(F)F)[nH]c2c1. The summed E-state index contributed by atoms with van der Waals surface area (Å²) in [5.41, 5.74) is -0.266. The lowest BCUT2D eigenvalue weighted by atomic mass is 10.2. The molecule has 0 atom stereocenters. The highest BCUT2D eigenvalue weighted by Gasteiger charge is 2.35. The van der Waals surface area contributed by atoms with Crippen molar-refractivity contribution < 1.29 is 26.3 Å². The number of rotatable bonds is 0. The Balaban J connectivity index is 0.000000186. The highest BCUT2D eigenvalue weighted by Crippen LogP contribution is 2.36. The van der Waals surface area contributed by atoms with Gasteiger partial charge in [-0.3, -0.25) is 0 Å². The normalized spacial score (nSPS) is 11.7. The summed E-state index contributed by atoms with van der Waals surface area (Å²) < 4.78 is 77.4. The van der Waals surface area contributed by atoms with E-state index in [9.17, 15) is 26.3 Å². The largest absolute Gasteiger partial charge is 0.431 e. The van der Waals surface area contributed by atoms with Crippen LogP contribution in [0.4, 0.5) is 26.3 Å². The van der Waals surface area contributed by atoms with E-state index in [0.717, 1.165) is 16.7 Å². The van der Waals surface area contributed by atoms with Crippen LogP contribution >= 0.6 is 31.9 Å². The highest BCUT2D eigenvalue weighted by molar-refractivity contribution is 9.11. The summed E-state index contributed by atoms with van der Waals surface area (Å²) in [7, 11) is 1.33. The van der Waals surface area contributed by atoms with E-state index >= 15 is 0 Å². The summed E-state index contributed by atoms with van der Waals surface area (Å²) in [5.74, 6) is 0. The molecule has 0 aliphatic rings. The van der Waals surface area contributed by atoms with E-state index in [-0.39, 0.29) is 0 Å². The van der Waals surface area contributed by atoms with Crippen molar-refractivity contribution in [3.63, 3.8) is 0 Å². The lowest BCUT2D eigenvalue weighted by Crippen LogP contribution is -2.10. The van der Waals surface area contributed by atoms with Gasteiger partial charge in [-0.25, -0.2) is 0 Å². The number of hydrogen-bond acceptors (Lipinski definition) is 2. The summed E-state index contributed by atoms with van der Waals surface area (Å²) in [5, 5.41) is 18.3. The Hall–Kier alpha value is -2.96. The number of alkyl halides is 6. The molecule has 0 fully saturated rings. The van der Waals surface area contributed by atoms with Crippen molar-refractivity contribution in [3.8, 4) is 12.1 Å². The van der Waals surface area contributed by atoms with Crippen molar-refractivity contribution in [1.82, 2.24) is 9.55 Å². The number of aryl methyl sites for hydroxylation is 1. The van der Waals surface area contributed by atoms with Crippen molar-refractivity contribution >= 4 is 53.7 Å². The van der Waals surface area contributed by atoms with Gasteiger partial charge in [-0.2, -0.15) is 36.9 Å². The van der Waals surface area contributed by atoms with E-state index < -0.39 is 23.7 Å². The molecule has 0 aliphatic heterocycles. The molecule has 0 aliphatic carbocycles. The number of H-pyrrole nitrogens is 1. The predicted molar refractivity (Wildman–Crippen MR) is 116 cm³/mol. The van der Waals surface area contributed by atoms with Gasteiger partial charge in [-0.15, -0.1) is 0 Å². The molecule has 0 saturated carbocycles. The van der Waals surface area contributed by atoms with Crippen LogP contribution in [0.5, 0.6) is 0 Å². The Kier molecular flexibility index (Phi) is 6.55. The second-order valence-corrected chi connectivity index (χ2v) is 8.51. The van der Waals surface area contributed by atoms with Gasteiger partial charge in [-0.05, 0) is 36.4 Å². The molecule has 1 N–H and O–H groups in total. The van der Waals surface area contributed by atoms with Gasteiger partial charge in [0.15, 0.2) is 0 Å². The molecule has 2 heterocycles. The fourth-order valence-electron chi connectivity index (χ4n) is 3.13. The molecule has 0 amide bonds. The molecule has 33 heavy (non-hydrogen) atoms. The van der Waals surface area contributed by atoms with Crippen molar-refractivity contribution in [2.24, 2.45) is 7.05 Å². The van der Waals surface area contributed by atoms with Gasteiger partial charge in [0.1, 0.15) is 11.4 Å². The number of benzene rings is 2. The van der Waals surface area contributed by atoms with Crippen molar-refractivity contribution in [3.05, 3.63) is 67.9 Å². The van der Waals surface area contributed by atoms with E-state index in [1.54, 1.807) is 0 Å². The summed E-state index contributed by atoms with van der Waals surface area (Å²) in [4.78, 5) is 2.24. The Labute approximate surface area is 199 Å². The van der Waals surface area contributed by atoms with Crippen LogP contribution in [0.3, 0.4) is 0 Å². The Morgan fingerprint density at radius 3 is 1.85 bits per heavy atom. The lowest BCUT2D eigenvalue weighted by Gasteiger charge is -2.07. The van der Waals surface area contributed by atoms with Crippen LogP contribution in [0.25, 0.3) is 21.8 Å². The molecular formula is C21H10Br2F6N4. The minimum Gasteiger partial charge on any atom is -0.351 e. The highest BCUT2D eigenvalue weighted by atomic mass is 79.9. The summed E-state index contributed by atoms with van der Waals surface area (Å²) in [6.07, 6.45) is -8.81. The number of nitrogens with one attached hydrogen (secondary N) is 1. The average Bonchev–Trinajstić information content (AvgIpc) is 3.30. The number of aromatic nitrogens is 2. The second-order valence-electron chi connectivity index (χ2n) is 6.80. The smallest absolute Gasteiger partial charge is 0.351 e. The maximum atomic E-state index is 12.7. The molecule has 0 spiro atoms. The van der Waals surface area contributed by atoms with Crippen LogP contribution in [0.2, 0.25) is 0 Å². The quantitative estimate of drug-likeness (QED) is 0.213. The summed E-state index contributed by atoms with van der Waals surface area (Å²) in [6.45, 7) is 0. The van der Waals surface area contributed by atoms with E-state index in [4.69, 9.17) is 10.5 Å². The number of aromatic amines is 1. The summed E-state index contributed by atoms with van der Waals surface area (Å²) >= 11 is 6.30. The minimum atomic E-state index is -4.41. The third kappa shape index (κ3) is 5.02. The second kappa shape index (κ2) is 8.76. The lowest BCUT2D eigenvalue weighted by molar-refractivity contribution is -0.143. The first-order chi connectivity index (χ1) is 15.3. The Morgan fingerprint density at radius 2 is 1.33 bits per heavy atom. The first-order valence-electron chi connectivity index (χ1n) is 8.82. The van der Waals surface area contributed by atoms with Gasteiger partial charge < -0.3 is 9.55 Å². The molecule has 4 nitrogen and oxygen atoms in total. The summed E-state index contributed by atoms with van der Waals surface area (Å²) in [6, 6.07) is 11.7. The number of nitrogens with zero attached hydrogens (tertiary/aromatic N) is 3. The topological polar surface area (TPSA) is 68.3 Å². The first-order valence-corrected chi connectivity index (χ1v) is 10.4. The van der Waals surface area contributed by atoms with Crippen LogP contribution in [0.1, 0.15) is 22.5 Å². The Morgan fingerprint density at radius 1 is 0.788 bits per heavy atom. The van der Waals surface area contributed by atoms with Crippen molar-refractivity contribution in [2.45, 2.75) is 12.4 Å². The molecule has 0 radical (unpaired) electrons. The number of halogens is 8. The predicted octanol–water partition coefficient (Wildman–Crippen LogP) is 7.65. The van der Waals surface area contributed by atoms with Crippen LogP contribution in [0, 0.1) is 22.7 Å².